The molecular weight excluding hydrogens is 388 g/mol. The van der Waals surface area contributed by atoms with Crippen molar-refractivity contribution < 1.29 is 9.53 Å². The number of carbonyl (C=O) groups is 1. The molecule has 4 nitrogen and oxygen atoms in total. The number of nitrogens with one attached hydrogen (secondary N) is 1. The van der Waals surface area contributed by atoms with Crippen molar-refractivity contribution in [3.05, 3.63) is 63.0 Å². The molecule has 24 heavy (non-hydrogen) atoms. The van der Waals surface area contributed by atoms with E-state index in [0.717, 1.165) is 34.5 Å². The third kappa shape index (κ3) is 3.12. The molecule has 2 aliphatic heterocycles. The van der Waals surface area contributed by atoms with Crippen LogP contribution in [-0.4, -0.2) is 17.7 Å². The van der Waals surface area contributed by atoms with Crippen LogP contribution in [0.3, 0.4) is 0 Å². The van der Waals surface area contributed by atoms with Crippen LogP contribution < -0.4 is 10.1 Å². The summed E-state index contributed by atoms with van der Waals surface area (Å²) in [6.07, 6.45) is 2.81. The SMILES string of the molecule is O=C1N/C(=N/c2ccccc2Br)S/C1=C\c1ccc2c(c1)CCO2. The van der Waals surface area contributed by atoms with Crippen molar-refractivity contribution >= 4 is 50.5 Å². The summed E-state index contributed by atoms with van der Waals surface area (Å²) < 4.78 is 6.40. The quantitative estimate of drug-likeness (QED) is 0.765. The van der Waals surface area contributed by atoms with E-state index in [1.807, 2.05) is 42.5 Å². The molecule has 1 saturated heterocycles. The number of thioether (sulfide) groups is 1. The molecule has 0 aromatic heterocycles. The maximum atomic E-state index is 12.2. The van der Waals surface area contributed by atoms with Crippen molar-refractivity contribution in [3.8, 4) is 5.75 Å². The number of benzene rings is 2. The highest BCUT2D eigenvalue weighted by Crippen LogP contribution is 2.32. The van der Waals surface area contributed by atoms with Gasteiger partial charge in [0.15, 0.2) is 5.17 Å². The van der Waals surface area contributed by atoms with Gasteiger partial charge in [0, 0.05) is 10.9 Å². The van der Waals surface area contributed by atoms with E-state index in [2.05, 4.69) is 32.3 Å². The number of ether oxygens (including phenoxy) is 1. The summed E-state index contributed by atoms with van der Waals surface area (Å²) >= 11 is 4.81. The van der Waals surface area contributed by atoms with Crippen molar-refractivity contribution in [1.82, 2.24) is 5.32 Å². The van der Waals surface area contributed by atoms with E-state index in [9.17, 15) is 4.79 Å². The minimum atomic E-state index is -0.123. The molecule has 2 aromatic rings. The van der Waals surface area contributed by atoms with Gasteiger partial charge in [-0.15, -0.1) is 0 Å². The van der Waals surface area contributed by atoms with Gasteiger partial charge in [-0.25, -0.2) is 4.99 Å². The molecule has 0 spiro atoms. The molecule has 2 aromatic carbocycles. The third-order valence-electron chi connectivity index (χ3n) is 3.74. The van der Waals surface area contributed by atoms with Gasteiger partial charge in [0.05, 0.1) is 17.2 Å². The van der Waals surface area contributed by atoms with Crippen LogP contribution in [0.1, 0.15) is 11.1 Å². The lowest BCUT2D eigenvalue weighted by Crippen LogP contribution is -2.19. The second kappa shape index (κ2) is 6.45. The van der Waals surface area contributed by atoms with Gasteiger partial charge < -0.3 is 10.1 Å². The second-order valence-electron chi connectivity index (χ2n) is 5.40. The van der Waals surface area contributed by atoms with Crippen molar-refractivity contribution in [3.63, 3.8) is 0 Å². The molecule has 1 N–H and O–H groups in total. The second-order valence-corrected chi connectivity index (χ2v) is 7.28. The number of carbonyl (C=O) groups excluding carboxylic acids is 1. The highest BCUT2D eigenvalue weighted by atomic mass is 79.9. The van der Waals surface area contributed by atoms with Gasteiger partial charge in [-0.3, -0.25) is 4.79 Å². The van der Waals surface area contributed by atoms with Crippen LogP contribution in [0.4, 0.5) is 5.69 Å². The van der Waals surface area contributed by atoms with E-state index in [-0.39, 0.29) is 5.91 Å². The van der Waals surface area contributed by atoms with Crippen LogP contribution in [0.15, 0.2) is 56.8 Å². The Kier molecular flexibility index (Phi) is 4.16. The van der Waals surface area contributed by atoms with Crippen LogP contribution in [0, 0.1) is 0 Å². The molecule has 0 radical (unpaired) electrons. The molecule has 0 saturated carbocycles. The van der Waals surface area contributed by atoms with E-state index in [0.29, 0.717) is 10.1 Å². The number of amidine groups is 1. The van der Waals surface area contributed by atoms with Crippen LogP contribution in [0.2, 0.25) is 0 Å². The lowest BCUT2D eigenvalue weighted by Gasteiger charge is -2.00. The molecule has 0 aliphatic carbocycles. The van der Waals surface area contributed by atoms with Gasteiger partial charge in [-0.05, 0) is 69.2 Å². The Bertz CT molecular complexity index is 892. The lowest BCUT2D eigenvalue weighted by molar-refractivity contribution is -0.115. The van der Waals surface area contributed by atoms with Gasteiger partial charge in [0.2, 0.25) is 0 Å². The van der Waals surface area contributed by atoms with Gasteiger partial charge in [-0.1, -0.05) is 18.2 Å². The van der Waals surface area contributed by atoms with E-state index in [4.69, 9.17) is 4.74 Å². The van der Waals surface area contributed by atoms with E-state index >= 15 is 0 Å². The fourth-order valence-electron chi connectivity index (χ4n) is 2.58. The zero-order valence-corrected chi connectivity index (χ0v) is 15.0. The average Bonchev–Trinajstić information content (AvgIpc) is 3.16. The Balaban J connectivity index is 1.59. The molecule has 0 bridgehead atoms. The highest BCUT2D eigenvalue weighted by Gasteiger charge is 2.24. The van der Waals surface area contributed by atoms with E-state index in [1.165, 1.54) is 17.3 Å². The van der Waals surface area contributed by atoms with E-state index in [1.54, 1.807) is 0 Å². The standard InChI is InChI=1S/C18H13BrN2O2S/c19-13-3-1-2-4-14(13)20-18-21-17(22)16(24-18)10-11-5-6-15-12(9-11)7-8-23-15/h1-6,9-10H,7-8H2,(H,20,21,22)/b16-10-. The minimum absolute atomic E-state index is 0.123. The Morgan fingerprint density at radius 1 is 1.25 bits per heavy atom. The molecule has 1 fully saturated rings. The number of nitrogens with zero attached hydrogens (tertiary/aromatic N) is 1. The van der Waals surface area contributed by atoms with Crippen molar-refractivity contribution in [1.29, 1.82) is 0 Å². The number of halogens is 1. The van der Waals surface area contributed by atoms with Crippen LogP contribution >= 0.6 is 27.7 Å². The first-order valence-corrected chi connectivity index (χ1v) is 9.10. The number of fused-ring (bicyclic) bond motifs is 1. The number of aliphatic imine (C=N–C) groups is 1. The minimum Gasteiger partial charge on any atom is -0.493 e. The normalized spacial score (nSPS) is 19.5. The first kappa shape index (κ1) is 15.5. The number of rotatable bonds is 2. The Morgan fingerprint density at radius 2 is 2.12 bits per heavy atom. The number of para-hydroxylation sites is 1. The van der Waals surface area contributed by atoms with Crippen LogP contribution in [0.5, 0.6) is 5.75 Å². The summed E-state index contributed by atoms with van der Waals surface area (Å²) in [4.78, 5) is 17.3. The van der Waals surface area contributed by atoms with Gasteiger partial charge >= 0.3 is 0 Å². The summed E-state index contributed by atoms with van der Waals surface area (Å²) in [5, 5.41) is 3.40. The average molecular weight is 401 g/mol. The third-order valence-corrected chi connectivity index (χ3v) is 5.32. The first-order chi connectivity index (χ1) is 11.7. The Labute approximate surface area is 152 Å². The molecule has 2 aliphatic rings. The van der Waals surface area contributed by atoms with Gasteiger partial charge in [0.25, 0.3) is 5.91 Å². The summed E-state index contributed by atoms with van der Waals surface area (Å²) in [5.74, 6) is 0.819. The predicted octanol–water partition coefficient (Wildman–Crippen LogP) is 4.28. The predicted molar refractivity (Wildman–Crippen MR) is 101 cm³/mol. The first-order valence-electron chi connectivity index (χ1n) is 7.49. The van der Waals surface area contributed by atoms with Crippen LogP contribution in [0.25, 0.3) is 6.08 Å². The molecule has 4 rings (SSSR count). The molecule has 120 valence electrons. The van der Waals surface area contributed by atoms with Crippen molar-refractivity contribution in [2.24, 2.45) is 4.99 Å². The van der Waals surface area contributed by atoms with Crippen molar-refractivity contribution in [2.75, 3.05) is 6.61 Å². The summed E-state index contributed by atoms with van der Waals surface area (Å²) in [6, 6.07) is 13.7. The smallest absolute Gasteiger partial charge is 0.264 e. The zero-order valence-electron chi connectivity index (χ0n) is 12.6. The maximum Gasteiger partial charge on any atom is 0.264 e. The van der Waals surface area contributed by atoms with Crippen LogP contribution in [-0.2, 0) is 11.2 Å². The molecular formula is C18H13BrN2O2S. The lowest BCUT2D eigenvalue weighted by atomic mass is 10.1. The fourth-order valence-corrected chi connectivity index (χ4v) is 3.79. The van der Waals surface area contributed by atoms with Gasteiger partial charge in [0.1, 0.15) is 5.75 Å². The maximum absolute atomic E-state index is 12.2. The number of hydrogen-bond donors (Lipinski definition) is 1. The fraction of sp³-hybridized carbons (Fsp3) is 0.111. The Morgan fingerprint density at radius 3 is 3.00 bits per heavy atom. The number of amides is 1. The number of hydrogen-bond acceptors (Lipinski definition) is 4. The molecule has 0 atom stereocenters. The monoisotopic (exact) mass is 400 g/mol. The zero-order chi connectivity index (χ0) is 16.5. The Hall–Kier alpha value is -2.05. The topological polar surface area (TPSA) is 50.7 Å². The van der Waals surface area contributed by atoms with Crippen molar-refractivity contribution in [2.45, 2.75) is 6.42 Å². The molecule has 2 heterocycles. The van der Waals surface area contributed by atoms with E-state index < -0.39 is 0 Å². The summed E-state index contributed by atoms with van der Waals surface area (Å²) in [6.45, 7) is 0.730. The molecule has 0 unspecified atom stereocenters. The largest absolute Gasteiger partial charge is 0.493 e. The molecule has 6 heteroatoms. The van der Waals surface area contributed by atoms with Gasteiger partial charge in [-0.2, -0.15) is 0 Å². The summed E-state index contributed by atoms with van der Waals surface area (Å²) in [7, 11) is 0. The molecule has 1 amide bonds. The summed E-state index contributed by atoms with van der Waals surface area (Å²) in [5.41, 5.74) is 2.98. The highest BCUT2D eigenvalue weighted by molar-refractivity contribution is 9.10.